The van der Waals surface area contributed by atoms with Gasteiger partial charge < -0.3 is 13.9 Å². The Morgan fingerprint density at radius 3 is 2.43 bits per heavy atom. The molecule has 0 aliphatic heterocycles. The summed E-state index contributed by atoms with van der Waals surface area (Å²) in [7, 11) is 1.65. The van der Waals surface area contributed by atoms with E-state index in [0.717, 1.165) is 26.6 Å². The smallest absolute Gasteiger partial charge is 0.301 e. The molecule has 1 heterocycles. The maximum Gasteiger partial charge on any atom is 0.301 e. The van der Waals surface area contributed by atoms with Crippen molar-refractivity contribution in [3.05, 3.63) is 84.6 Å². The Balaban J connectivity index is 1.36. The molecule has 0 fully saturated rings. The fourth-order valence-electron chi connectivity index (χ4n) is 2.66. The first-order chi connectivity index (χ1) is 14.7. The molecule has 30 heavy (non-hydrogen) atoms. The Labute approximate surface area is 182 Å². The second kappa shape index (κ2) is 9.62. The highest BCUT2D eigenvalue weighted by Gasteiger charge is 2.12. The Morgan fingerprint density at radius 1 is 0.900 bits per heavy atom. The zero-order valence-corrected chi connectivity index (χ0v) is 17.7. The second-order valence-corrected chi connectivity index (χ2v) is 7.97. The van der Waals surface area contributed by atoms with Crippen LogP contribution in [0.4, 0.5) is 5.69 Å². The monoisotopic (exact) mass is 437 g/mol. The maximum absolute atomic E-state index is 12.3. The molecule has 1 amide bonds. The zero-order chi connectivity index (χ0) is 20.8. The molecule has 0 bridgehead atoms. The van der Waals surface area contributed by atoms with Crippen molar-refractivity contribution in [2.45, 2.75) is 9.79 Å². The van der Waals surface area contributed by atoms with E-state index >= 15 is 0 Å². The second-order valence-electron chi connectivity index (χ2n) is 6.21. The number of anilines is 1. The predicted molar refractivity (Wildman–Crippen MR) is 122 cm³/mol. The van der Waals surface area contributed by atoms with Crippen molar-refractivity contribution in [1.29, 1.82) is 0 Å². The predicted octanol–water partition coefficient (Wildman–Crippen LogP) is 5.50. The minimum atomic E-state index is -0.336. The van der Waals surface area contributed by atoms with Crippen molar-refractivity contribution in [3.63, 3.8) is 0 Å². The minimum absolute atomic E-state index is 0.242. The first kappa shape index (κ1) is 20.2. The van der Waals surface area contributed by atoms with Gasteiger partial charge in [-0.1, -0.05) is 18.2 Å². The lowest BCUT2D eigenvalue weighted by molar-refractivity contribution is 0.0921. The highest BCUT2D eigenvalue weighted by atomic mass is 32.2. The van der Waals surface area contributed by atoms with Crippen molar-refractivity contribution in [2.24, 2.45) is 0 Å². The molecule has 1 aromatic heterocycles. The number of hydrogen-bond donors (Lipinski definition) is 3. The Kier molecular flexibility index (Phi) is 6.48. The Hall–Kier alpha value is -3.07. The number of rotatable bonds is 8. The van der Waals surface area contributed by atoms with E-state index in [4.69, 9.17) is 9.15 Å². The van der Waals surface area contributed by atoms with Crippen LogP contribution in [-0.2, 0) is 0 Å². The Morgan fingerprint density at radius 2 is 1.67 bits per heavy atom. The molecule has 0 unspecified atom stereocenters. The first-order valence-corrected chi connectivity index (χ1v) is 10.7. The van der Waals surface area contributed by atoms with E-state index in [-0.39, 0.29) is 11.7 Å². The van der Waals surface area contributed by atoms with Gasteiger partial charge in [0.05, 0.1) is 7.11 Å². The van der Waals surface area contributed by atoms with Gasteiger partial charge in [-0.05, 0) is 84.6 Å². The maximum atomic E-state index is 12.3. The third kappa shape index (κ3) is 5.10. The molecule has 0 saturated heterocycles. The lowest BCUT2D eigenvalue weighted by atomic mass is 10.2. The van der Waals surface area contributed by atoms with Crippen LogP contribution in [-0.4, -0.2) is 13.0 Å². The van der Waals surface area contributed by atoms with Gasteiger partial charge in [-0.25, -0.2) is 0 Å². The molecule has 0 radical (unpaired) electrons. The summed E-state index contributed by atoms with van der Waals surface area (Å²) in [6, 6.07) is 24.9. The Bertz CT molecular complexity index is 1130. The van der Waals surface area contributed by atoms with Gasteiger partial charge in [0.1, 0.15) is 11.3 Å². The summed E-state index contributed by atoms with van der Waals surface area (Å²) < 4.78 is 14.1. The number of nitrogens with one attached hydrogen (secondary N) is 3. The number of hydrazine groups is 1. The van der Waals surface area contributed by atoms with Crippen LogP contribution in [0.1, 0.15) is 10.6 Å². The standard InChI is InChI=1S/C22H19N3O3S2/c1-27-17-8-10-19(11-9-17)29-24-16-7-12-20-15(13-16)14-21(28-20)22(26)23-25-30-18-5-3-2-4-6-18/h2-14,24-25H,1H3,(H,23,26). The van der Waals surface area contributed by atoms with E-state index in [1.54, 1.807) is 13.2 Å². The summed E-state index contributed by atoms with van der Waals surface area (Å²) in [5.74, 6) is 0.726. The molecule has 4 aromatic rings. The number of furan rings is 1. The van der Waals surface area contributed by atoms with Gasteiger partial charge in [0, 0.05) is 20.9 Å². The van der Waals surface area contributed by atoms with Crippen molar-refractivity contribution >= 4 is 46.5 Å². The summed E-state index contributed by atoms with van der Waals surface area (Å²) in [5.41, 5.74) is 4.19. The fourth-order valence-corrected chi connectivity index (χ4v) is 3.85. The molecule has 3 N–H and O–H groups in total. The fraction of sp³-hybridized carbons (Fsp3) is 0.0455. The summed E-state index contributed by atoms with van der Waals surface area (Å²) in [5, 5.41) is 0.844. The SMILES string of the molecule is COc1ccc(SNc2ccc3oc(C(=O)NNSc4ccccc4)cc3c2)cc1. The average Bonchev–Trinajstić information content (AvgIpc) is 3.22. The minimum Gasteiger partial charge on any atom is -0.497 e. The quantitative estimate of drug-likeness (QED) is 0.248. The lowest BCUT2D eigenvalue weighted by Gasteiger charge is -2.06. The molecule has 3 aromatic carbocycles. The van der Waals surface area contributed by atoms with Crippen molar-refractivity contribution in [2.75, 3.05) is 11.8 Å². The third-order valence-corrected chi connectivity index (χ3v) is 5.72. The van der Waals surface area contributed by atoms with Crippen LogP contribution in [0.3, 0.4) is 0 Å². The largest absolute Gasteiger partial charge is 0.497 e. The van der Waals surface area contributed by atoms with Gasteiger partial charge in [0.15, 0.2) is 5.76 Å². The van der Waals surface area contributed by atoms with E-state index in [1.807, 2.05) is 72.8 Å². The van der Waals surface area contributed by atoms with Crippen LogP contribution in [0.15, 0.2) is 93.1 Å². The van der Waals surface area contributed by atoms with Gasteiger partial charge in [-0.15, -0.1) is 0 Å². The molecular weight excluding hydrogens is 418 g/mol. The highest BCUT2D eigenvalue weighted by Crippen LogP contribution is 2.27. The number of carbonyl (C=O) groups excluding carboxylic acids is 1. The van der Waals surface area contributed by atoms with E-state index in [9.17, 15) is 4.79 Å². The number of amides is 1. The van der Waals surface area contributed by atoms with Gasteiger partial charge in [-0.3, -0.25) is 10.2 Å². The van der Waals surface area contributed by atoms with E-state index < -0.39 is 0 Å². The van der Waals surface area contributed by atoms with Gasteiger partial charge in [0.25, 0.3) is 0 Å². The number of fused-ring (bicyclic) bond motifs is 1. The molecule has 0 saturated carbocycles. The van der Waals surface area contributed by atoms with Gasteiger partial charge in [0.2, 0.25) is 0 Å². The topological polar surface area (TPSA) is 75.5 Å². The molecule has 4 rings (SSSR count). The summed E-state index contributed by atoms with van der Waals surface area (Å²) in [6.45, 7) is 0. The van der Waals surface area contributed by atoms with Crippen LogP contribution in [0.2, 0.25) is 0 Å². The molecule has 0 atom stereocenters. The normalized spacial score (nSPS) is 10.7. The lowest BCUT2D eigenvalue weighted by Crippen LogP contribution is -2.32. The van der Waals surface area contributed by atoms with Crippen LogP contribution >= 0.6 is 23.9 Å². The number of benzene rings is 3. The van der Waals surface area contributed by atoms with Gasteiger partial charge >= 0.3 is 5.91 Å². The van der Waals surface area contributed by atoms with E-state index in [0.29, 0.717) is 5.58 Å². The highest BCUT2D eigenvalue weighted by molar-refractivity contribution is 8.00. The van der Waals surface area contributed by atoms with Crippen molar-refractivity contribution < 1.29 is 13.9 Å². The van der Waals surface area contributed by atoms with Crippen LogP contribution < -0.4 is 19.7 Å². The average molecular weight is 438 g/mol. The van der Waals surface area contributed by atoms with Crippen LogP contribution in [0.25, 0.3) is 11.0 Å². The number of hydrogen-bond acceptors (Lipinski definition) is 7. The number of carbonyl (C=O) groups is 1. The molecule has 152 valence electrons. The van der Waals surface area contributed by atoms with E-state index in [2.05, 4.69) is 15.0 Å². The van der Waals surface area contributed by atoms with E-state index in [1.165, 1.54) is 23.9 Å². The molecule has 0 aliphatic carbocycles. The first-order valence-electron chi connectivity index (χ1n) is 9.09. The third-order valence-electron chi connectivity index (χ3n) is 4.16. The molecule has 8 heteroatoms. The summed E-state index contributed by atoms with van der Waals surface area (Å²) >= 11 is 2.81. The molecule has 0 aliphatic rings. The van der Waals surface area contributed by atoms with Crippen LogP contribution in [0.5, 0.6) is 5.75 Å². The van der Waals surface area contributed by atoms with Crippen molar-refractivity contribution in [3.8, 4) is 5.75 Å². The van der Waals surface area contributed by atoms with Crippen LogP contribution in [0, 0.1) is 0 Å². The summed E-state index contributed by atoms with van der Waals surface area (Å²) in [4.78, 5) is 17.2. The number of methoxy groups -OCH3 is 1. The molecular formula is C22H19N3O3S2. The number of ether oxygens (including phenoxy) is 1. The molecule has 6 nitrogen and oxygen atoms in total. The van der Waals surface area contributed by atoms with Gasteiger partial charge in [-0.2, -0.15) is 4.83 Å². The molecule has 0 spiro atoms. The zero-order valence-electron chi connectivity index (χ0n) is 16.0. The summed E-state index contributed by atoms with van der Waals surface area (Å²) in [6.07, 6.45) is 0. The van der Waals surface area contributed by atoms with Crippen molar-refractivity contribution in [1.82, 2.24) is 10.3 Å².